The number of nitrogens with one attached hydrogen (secondary N) is 1. The smallest absolute Gasteiger partial charge is 0.175 e. The van der Waals surface area contributed by atoms with Crippen molar-refractivity contribution in [2.45, 2.75) is 25.3 Å². The van der Waals surface area contributed by atoms with Gasteiger partial charge in [-0.2, -0.15) is 0 Å². The Morgan fingerprint density at radius 2 is 1.67 bits per heavy atom. The fourth-order valence-electron chi connectivity index (χ4n) is 2.24. The van der Waals surface area contributed by atoms with Crippen LogP contribution in [0, 0.1) is 19.7 Å². The van der Waals surface area contributed by atoms with Crippen LogP contribution in [-0.2, 0) is 16.4 Å². The maximum absolute atomic E-state index is 13.8. The Labute approximate surface area is 124 Å². The number of benzene rings is 2. The second-order valence-electron chi connectivity index (χ2n) is 5.26. The summed E-state index contributed by atoms with van der Waals surface area (Å²) in [6.45, 7) is 4.44. The summed E-state index contributed by atoms with van der Waals surface area (Å²) in [6.07, 6.45) is 1.11. The summed E-state index contributed by atoms with van der Waals surface area (Å²) in [4.78, 5) is 0.104. The van der Waals surface area contributed by atoms with Gasteiger partial charge in [-0.1, -0.05) is 29.3 Å². The van der Waals surface area contributed by atoms with E-state index in [2.05, 4.69) is 11.4 Å². The average Bonchev–Trinajstić information content (AvgIpc) is 2.35. The molecule has 3 nitrogen and oxygen atoms in total. The van der Waals surface area contributed by atoms with E-state index in [0.29, 0.717) is 6.54 Å². The summed E-state index contributed by atoms with van der Waals surface area (Å²) < 4.78 is 36.8. The van der Waals surface area contributed by atoms with Gasteiger partial charge in [0.05, 0.1) is 10.6 Å². The molecule has 0 aliphatic heterocycles. The van der Waals surface area contributed by atoms with Crippen LogP contribution < -0.4 is 5.32 Å². The zero-order chi connectivity index (χ0) is 15.6. The minimum absolute atomic E-state index is 0.104. The molecule has 112 valence electrons. The van der Waals surface area contributed by atoms with Crippen LogP contribution in [-0.4, -0.2) is 14.7 Å². The van der Waals surface area contributed by atoms with Crippen molar-refractivity contribution in [3.05, 3.63) is 58.9 Å². The Morgan fingerprint density at radius 3 is 2.24 bits per heavy atom. The van der Waals surface area contributed by atoms with E-state index >= 15 is 0 Å². The van der Waals surface area contributed by atoms with Crippen molar-refractivity contribution in [3.63, 3.8) is 0 Å². The molecule has 5 heteroatoms. The van der Waals surface area contributed by atoms with Gasteiger partial charge in [-0.05, 0) is 37.6 Å². The van der Waals surface area contributed by atoms with Gasteiger partial charge in [0.25, 0.3) is 0 Å². The second kappa shape index (κ2) is 5.85. The zero-order valence-corrected chi connectivity index (χ0v) is 13.1. The third kappa shape index (κ3) is 4.04. The summed E-state index contributed by atoms with van der Waals surface area (Å²) in [5.74, 6) is -0.466. The molecule has 2 aromatic rings. The van der Waals surface area contributed by atoms with Crippen LogP contribution in [0.1, 0.15) is 16.7 Å². The van der Waals surface area contributed by atoms with E-state index in [9.17, 15) is 12.8 Å². The van der Waals surface area contributed by atoms with Gasteiger partial charge in [-0.3, -0.25) is 0 Å². The predicted octanol–water partition coefficient (Wildman–Crippen LogP) is 3.46. The predicted molar refractivity (Wildman–Crippen MR) is 82.8 cm³/mol. The molecule has 2 rings (SSSR count). The fraction of sp³-hybridized carbons (Fsp3) is 0.250. The number of anilines is 1. The van der Waals surface area contributed by atoms with Crippen molar-refractivity contribution in [2.75, 3.05) is 11.6 Å². The third-order valence-electron chi connectivity index (χ3n) is 3.13. The molecule has 0 amide bonds. The first-order chi connectivity index (χ1) is 9.75. The minimum atomic E-state index is -3.35. The summed E-state index contributed by atoms with van der Waals surface area (Å²) in [6, 6.07) is 9.85. The molecule has 0 unspecified atom stereocenters. The molecule has 0 aliphatic rings. The van der Waals surface area contributed by atoms with E-state index in [1.807, 2.05) is 26.0 Å². The molecule has 0 fully saturated rings. The number of rotatable bonds is 4. The molecule has 0 atom stereocenters. The van der Waals surface area contributed by atoms with Gasteiger partial charge in [0.15, 0.2) is 9.84 Å². The molecular formula is C16H18FNO2S. The van der Waals surface area contributed by atoms with Gasteiger partial charge in [0.2, 0.25) is 0 Å². The molecule has 2 aromatic carbocycles. The lowest BCUT2D eigenvalue weighted by atomic mass is 10.1. The van der Waals surface area contributed by atoms with E-state index in [4.69, 9.17) is 0 Å². The second-order valence-corrected chi connectivity index (χ2v) is 7.28. The van der Waals surface area contributed by atoms with Gasteiger partial charge in [-0.25, -0.2) is 12.8 Å². The molecule has 0 saturated heterocycles. The maximum Gasteiger partial charge on any atom is 0.175 e. The van der Waals surface area contributed by atoms with Crippen molar-refractivity contribution in [1.82, 2.24) is 0 Å². The van der Waals surface area contributed by atoms with Crippen LogP contribution in [0.4, 0.5) is 10.1 Å². The van der Waals surface area contributed by atoms with Gasteiger partial charge in [0, 0.05) is 12.8 Å². The third-order valence-corrected chi connectivity index (χ3v) is 4.24. The van der Waals surface area contributed by atoms with Gasteiger partial charge >= 0.3 is 0 Å². The highest BCUT2D eigenvalue weighted by atomic mass is 32.2. The number of sulfone groups is 1. The molecule has 21 heavy (non-hydrogen) atoms. The highest BCUT2D eigenvalue weighted by Gasteiger charge is 2.11. The quantitative estimate of drug-likeness (QED) is 0.880. The van der Waals surface area contributed by atoms with E-state index < -0.39 is 15.7 Å². The molecule has 0 aliphatic carbocycles. The number of hydrogen-bond acceptors (Lipinski definition) is 3. The van der Waals surface area contributed by atoms with Crippen LogP contribution in [0.5, 0.6) is 0 Å². The Hall–Kier alpha value is -1.88. The summed E-state index contributed by atoms with van der Waals surface area (Å²) in [7, 11) is -3.35. The first-order valence-corrected chi connectivity index (χ1v) is 8.45. The highest BCUT2D eigenvalue weighted by Crippen LogP contribution is 2.20. The van der Waals surface area contributed by atoms with Crippen LogP contribution in [0.25, 0.3) is 0 Å². The van der Waals surface area contributed by atoms with E-state index in [1.54, 1.807) is 0 Å². The first kappa shape index (κ1) is 15.5. The lowest BCUT2D eigenvalue weighted by molar-refractivity contribution is 0.600. The largest absolute Gasteiger partial charge is 0.379 e. The Bertz CT molecular complexity index is 750. The lowest BCUT2D eigenvalue weighted by Crippen LogP contribution is -2.04. The topological polar surface area (TPSA) is 46.2 Å². The van der Waals surface area contributed by atoms with Gasteiger partial charge in [0.1, 0.15) is 5.82 Å². The number of halogens is 1. The van der Waals surface area contributed by atoms with Crippen LogP contribution in [0.2, 0.25) is 0 Å². The normalized spacial score (nSPS) is 11.4. The van der Waals surface area contributed by atoms with Crippen molar-refractivity contribution in [2.24, 2.45) is 0 Å². The van der Waals surface area contributed by atoms with Crippen molar-refractivity contribution < 1.29 is 12.8 Å². The van der Waals surface area contributed by atoms with Crippen LogP contribution >= 0.6 is 0 Å². The Balaban J connectivity index is 2.23. The Morgan fingerprint density at radius 1 is 1.05 bits per heavy atom. The lowest BCUT2D eigenvalue weighted by Gasteiger charge is -2.10. The molecule has 0 heterocycles. The molecule has 0 aromatic heterocycles. The maximum atomic E-state index is 13.8. The fourth-order valence-corrected chi connectivity index (χ4v) is 2.89. The van der Waals surface area contributed by atoms with Gasteiger partial charge < -0.3 is 5.32 Å². The van der Waals surface area contributed by atoms with Crippen molar-refractivity contribution >= 4 is 15.5 Å². The molecule has 0 radical (unpaired) electrons. The van der Waals surface area contributed by atoms with Crippen molar-refractivity contribution in [3.8, 4) is 0 Å². The van der Waals surface area contributed by atoms with E-state index in [0.717, 1.165) is 22.9 Å². The number of hydrogen-bond donors (Lipinski definition) is 1. The molecule has 1 N–H and O–H groups in total. The van der Waals surface area contributed by atoms with E-state index in [-0.39, 0.29) is 10.6 Å². The average molecular weight is 307 g/mol. The summed E-state index contributed by atoms with van der Waals surface area (Å²) in [5, 5.41) is 2.96. The van der Waals surface area contributed by atoms with Gasteiger partial charge in [-0.15, -0.1) is 0 Å². The first-order valence-electron chi connectivity index (χ1n) is 6.56. The summed E-state index contributed by atoms with van der Waals surface area (Å²) in [5.41, 5.74) is 3.49. The molecule has 0 saturated carbocycles. The zero-order valence-electron chi connectivity index (χ0n) is 12.3. The Kier molecular flexibility index (Phi) is 4.32. The van der Waals surface area contributed by atoms with Crippen LogP contribution in [0.15, 0.2) is 41.3 Å². The highest BCUT2D eigenvalue weighted by molar-refractivity contribution is 7.90. The summed E-state index contributed by atoms with van der Waals surface area (Å²) >= 11 is 0. The minimum Gasteiger partial charge on any atom is -0.379 e. The molecule has 0 bridgehead atoms. The molecule has 0 spiro atoms. The van der Waals surface area contributed by atoms with Crippen LogP contribution in [0.3, 0.4) is 0 Å². The standard InChI is InChI=1S/C16H18FNO2S/c1-11-6-12(2)8-13(7-11)10-18-16-9-14(21(3,19)20)4-5-15(16)17/h4-9,18H,10H2,1-3H3. The van der Waals surface area contributed by atoms with Crippen molar-refractivity contribution in [1.29, 1.82) is 0 Å². The molecular weight excluding hydrogens is 289 g/mol. The monoisotopic (exact) mass is 307 g/mol. The van der Waals surface area contributed by atoms with E-state index in [1.165, 1.54) is 18.2 Å². The SMILES string of the molecule is Cc1cc(C)cc(CNc2cc(S(C)(=O)=O)ccc2F)c1. The number of aryl methyl sites for hydroxylation is 2.